The summed E-state index contributed by atoms with van der Waals surface area (Å²) < 4.78 is 5.42. The second kappa shape index (κ2) is 6.45. The van der Waals surface area contributed by atoms with Gasteiger partial charge in [-0.1, -0.05) is 30.3 Å². The minimum Gasteiger partial charge on any atom is -0.444 e. The number of hydrogen-bond acceptors (Lipinski definition) is 4. The summed E-state index contributed by atoms with van der Waals surface area (Å²) in [4.78, 5) is 13.9. The van der Waals surface area contributed by atoms with Crippen molar-refractivity contribution in [3.63, 3.8) is 0 Å². The highest BCUT2D eigenvalue weighted by Gasteiger charge is 2.34. The normalized spacial score (nSPS) is 20.4. The van der Waals surface area contributed by atoms with Crippen LogP contribution in [0.2, 0.25) is 0 Å². The summed E-state index contributed by atoms with van der Waals surface area (Å²) in [6.07, 6.45) is 0.678. The van der Waals surface area contributed by atoms with E-state index in [1.165, 1.54) is 0 Å². The number of hydrogen-bond donors (Lipinski definition) is 2. The number of rotatable bonds is 3. The van der Waals surface area contributed by atoms with Gasteiger partial charge in [0.25, 0.3) is 0 Å². The molecule has 1 aliphatic heterocycles. The van der Waals surface area contributed by atoms with E-state index in [4.69, 9.17) is 10.6 Å². The lowest BCUT2D eigenvalue weighted by atomic mass is 9.93. The van der Waals surface area contributed by atoms with Crippen LogP contribution in [-0.2, 0) is 4.74 Å². The van der Waals surface area contributed by atoms with E-state index in [0.29, 0.717) is 19.0 Å². The minimum absolute atomic E-state index is 0.0543. The van der Waals surface area contributed by atoms with Crippen LogP contribution in [0, 0.1) is 5.92 Å². The van der Waals surface area contributed by atoms with E-state index in [1.807, 2.05) is 39.0 Å². The Hall–Kier alpha value is -1.59. The molecule has 116 valence electrons. The largest absolute Gasteiger partial charge is 0.444 e. The lowest BCUT2D eigenvalue weighted by molar-refractivity contribution is 0.0285. The van der Waals surface area contributed by atoms with Crippen LogP contribution in [0.4, 0.5) is 4.79 Å². The van der Waals surface area contributed by atoms with Crippen LogP contribution in [0.15, 0.2) is 30.3 Å². The molecule has 1 saturated heterocycles. The maximum Gasteiger partial charge on any atom is 0.410 e. The molecule has 1 aliphatic rings. The molecule has 0 aromatic heterocycles. The molecule has 3 N–H and O–H groups in total. The Labute approximate surface area is 126 Å². The summed E-state index contributed by atoms with van der Waals surface area (Å²) in [5.74, 6) is 6.02. The summed E-state index contributed by atoms with van der Waals surface area (Å²) in [6.45, 7) is 7.02. The molecule has 5 nitrogen and oxygen atoms in total. The van der Waals surface area contributed by atoms with Gasteiger partial charge >= 0.3 is 6.09 Å². The first-order chi connectivity index (χ1) is 9.90. The molecule has 2 atom stereocenters. The standard InChI is InChI=1S/C16H25N3O2/c1-16(2,3)21-15(20)19-10-9-13(11-19)14(18-17)12-7-5-4-6-8-12/h4-8,13-14,18H,9-11,17H2,1-3H3. The smallest absolute Gasteiger partial charge is 0.410 e. The van der Waals surface area contributed by atoms with Gasteiger partial charge in [-0.05, 0) is 38.7 Å². The number of nitrogens with one attached hydrogen (secondary N) is 1. The molecule has 0 saturated carbocycles. The zero-order valence-corrected chi connectivity index (χ0v) is 13.0. The fourth-order valence-corrected chi connectivity index (χ4v) is 2.72. The predicted octanol–water partition coefficient (Wildman–Crippen LogP) is 2.45. The van der Waals surface area contributed by atoms with Crippen molar-refractivity contribution in [1.82, 2.24) is 10.3 Å². The molecule has 1 fully saturated rings. The van der Waals surface area contributed by atoms with Gasteiger partial charge in [0.05, 0.1) is 6.04 Å². The average Bonchev–Trinajstić information content (AvgIpc) is 2.89. The van der Waals surface area contributed by atoms with Crippen molar-refractivity contribution >= 4 is 6.09 Å². The lowest BCUT2D eigenvalue weighted by Gasteiger charge is -2.26. The Morgan fingerprint density at radius 1 is 1.38 bits per heavy atom. The van der Waals surface area contributed by atoms with Crippen molar-refractivity contribution in [3.05, 3.63) is 35.9 Å². The van der Waals surface area contributed by atoms with Gasteiger partial charge in [0, 0.05) is 13.1 Å². The number of likely N-dealkylation sites (tertiary alicyclic amines) is 1. The molecule has 0 spiro atoms. The van der Waals surface area contributed by atoms with E-state index >= 15 is 0 Å². The zero-order chi connectivity index (χ0) is 15.5. The number of hydrazine groups is 1. The Balaban J connectivity index is 1.99. The number of nitrogens with zero attached hydrogens (tertiary/aromatic N) is 1. The third-order valence-corrected chi connectivity index (χ3v) is 3.69. The molecular weight excluding hydrogens is 266 g/mol. The molecule has 5 heteroatoms. The number of ether oxygens (including phenoxy) is 1. The van der Waals surface area contributed by atoms with Crippen molar-refractivity contribution in [1.29, 1.82) is 0 Å². The first-order valence-electron chi connectivity index (χ1n) is 7.39. The molecule has 0 aliphatic carbocycles. The molecule has 0 bridgehead atoms. The minimum atomic E-state index is -0.458. The Kier molecular flexibility index (Phi) is 4.85. The molecule has 1 heterocycles. The molecule has 0 radical (unpaired) electrons. The van der Waals surface area contributed by atoms with Crippen LogP contribution >= 0.6 is 0 Å². The van der Waals surface area contributed by atoms with Gasteiger partial charge in [-0.3, -0.25) is 11.3 Å². The van der Waals surface area contributed by atoms with Crippen molar-refractivity contribution < 1.29 is 9.53 Å². The van der Waals surface area contributed by atoms with Gasteiger partial charge in [0.2, 0.25) is 0 Å². The Morgan fingerprint density at radius 3 is 2.62 bits per heavy atom. The summed E-state index contributed by atoms with van der Waals surface area (Å²) in [7, 11) is 0. The third-order valence-electron chi connectivity index (χ3n) is 3.69. The molecule has 21 heavy (non-hydrogen) atoms. The number of benzene rings is 1. The van der Waals surface area contributed by atoms with E-state index < -0.39 is 5.60 Å². The highest BCUT2D eigenvalue weighted by atomic mass is 16.6. The summed E-state index contributed by atoms with van der Waals surface area (Å²) >= 11 is 0. The van der Waals surface area contributed by atoms with E-state index in [2.05, 4.69) is 17.6 Å². The maximum atomic E-state index is 12.1. The van der Waals surface area contributed by atoms with Crippen LogP contribution < -0.4 is 11.3 Å². The first-order valence-corrected chi connectivity index (χ1v) is 7.39. The average molecular weight is 291 g/mol. The van der Waals surface area contributed by atoms with Crippen molar-refractivity contribution in [2.45, 2.75) is 38.8 Å². The molecule has 1 aromatic carbocycles. The fraction of sp³-hybridized carbons (Fsp3) is 0.562. The molecule has 2 unspecified atom stereocenters. The van der Waals surface area contributed by atoms with Crippen LogP contribution in [0.3, 0.4) is 0 Å². The van der Waals surface area contributed by atoms with Gasteiger partial charge in [0.1, 0.15) is 5.60 Å². The second-order valence-electron chi connectivity index (χ2n) is 6.53. The van der Waals surface area contributed by atoms with Gasteiger partial charge in [-0.25, -0.2) is 4.79 Å². The molecule has 1 aromatic rings. The monoisotopic (exact) mass is 291 g/mol. The van der Waals surface area contributed by atoms with E-state index in [9.17, 15) is 4.79 Å². The number of amides is 1. The Morgan fingerprint density at radius 2 is 2.05 bits per heavy atom. The first kappa shape index (κ1) is 15.8. The Bertz CT molecular complexity index is 470. The predicted molar refractivity (Wildman–Crippen MR) is 82.4 cm³/mol. The third kappa shape index (κ3) is 4.19. The number of carbonyl (C=O) groups excluding carboxylic acids is 1. The van der Waals surface area contributed by atoms with E-state index in [-0.39, 0.29) is 12.1 Å². The topological polar surface area (TPSA) is 67.6 Å². The van der Waals surface area contributed by atoms with Crippen LogP contribution in [0.1, 0.15) is 38.8 Å². The maximum absolute atomic E-state index is 12.1. The highest BCUT2D eigenvalue weighted by Crippen LogP contribution is 2.30. The summed E-state index contributed by atoms with van der Waals surface area (Å²) in [5, 5.41) is 0. The molecule has 1 amide bonds. The van der Waals surface area contributed by atoms with Gasteiger partial charge < -0.3 is 9.64 Å². The number of nitrogens with two attached hydrogens (primary N) is 1. The van der Waals surface area contributed by atoms with Crippen molar-refractivity contribution in [2.75, 3.05) is 13.1 Å². The van der Waals surface area contributed by atoms with E-state index in [1.54, 1.807) is 4.90 Å². The SMILES string of the molecule is CC(C)(C)OC(=O)N1CCC(C(NN)c2ccccc2)C1. The summed E-state index contributed by atoms with van der Waals surface area (Å²) in [5.41, 5.74) is 3.58. The summed E-state index contributed by atoms with van der Waals surface area (Å²) in [6, 6.07) is 10.2. The van der Waals surface area contributed by atoms with Crippen LogP contribution in [0.5, 0.6) is 0 Å². The zero-order valence-electron chi connectivity index (χ0n) is 13.0. The fourth-order valence-electron chi connectivity index (χ4n) is 2.72. The second-order valence-corrected chi connectivity index (χ2v) is 6.53. The molecular formula is C16H25N3O2. The van der Waals surface area contributed by atoms with Crippen LogP contribution in [0.25, 0.3) is 0 Å². The lowest BCUT2D eigenvalue weighted by Crippen LogP contribution is -2.38. The van der Waals surface area contributed by atoms with Gasteiger partial charge in [-0.15, -0.1) is 0 Å². The van der Waals surface area contributed by atoms with Crippen LogP contribution in [-0.4, -0.2) is 29.7 Å². The van der Waals surface area contributed by atoms with Gasteiger partial charge in [0.15, 0.2) is 0 Å². The highest BCUT2D eigenvalue weighted by molar-refractivity contribution is 5.68. The van der Waals surface area contributed by atoms with Gasteiger partial charge in [-0.2, -0.15) is 0 Å². The van der Waals surface area contributed by atoms with Crippen molar-refractivity contribution in [2.24, 2.45) is 11.8 Å². The van der Waals surface area contributed by atoms with Crippen molar-refractivity contribution in [3.8, 4) is 0 Å². The van der Waals surface area contributed by atoms with E-state index in [0.717, 1.165) is 12.0 Å². The number of carbonyl (C=O) groups is 1. The quantitative estimate of drug-likeness (QED) is 0.663. The molecule has 2 rings (SSSR count).